The van der Waals surface area contributed by atoms with Crippen molar-refractivity contribution in [2.45, 2.75) is 24.7 Å². The number of H-pyrrole nitrogens is 1. The second kappa shape index (κ2) is 7.24. The Morgan fingerprint density at radius 3 is 2.32 bits per heavy atom. The average molecular weight is 331 g/mol. The summed E-state index contributed by atoms with van der Waals surface area (Å²) in [5, 5.41) is 7.39. The topological polar surface area (TPSA) is 31.9 Å². The lowest BCUT2D eigenvalue weighted by molar-refractivity contribution is 0.313. The highest BCUT2D eigenvalue weighted by atomic mass is 15.2. The van der Waals surface area contributed by atoms with Gasteiger partial charge in [-0.25, -0.2) is 0 Å². The molecular weight excluding hydrogens is 306 g/mol. The maximum absolute atomic E-state index is 4.18. The minimum atomic E-state index is 0.480. The molecule has 3 aromatic rings. The van der Waals surface area contributed by atoms with Gasteiger partial charge in [-0.1, -0.05) is 67.6 Å². The molecule has 1 aromatic heterocycles. The quantitative estimate of drug-likeness (QED) is 0.751. The number of nitrogens with one attached hydrogen (secondary N) is 1. The average Bonchev–Trinajstić information content (AvgIpc) is 3.33. The predicted molar refractivity (Wildman–Crippen MR) is 102 cm³/mol. The molecule has 2 heterocycles. The second-order valence-corrected chi connectivity index (χ2v) is 7.17. The number of rotatable bonds is 5. The summed E-state index contributed by atoms with van der Waals surface area (Å²) in [7, 11) is 0. The number of hydrogen-bond donors (Lipinski definition) is 1. The van der Waals surface area contributed by atoms with Gasteiger partial charge >= 0.3 is 0 Å². The summed E-state index contributed by atoms with van der Waals surface area (Å²) < 4.78 is 0. The molecule has 0 saturated carbocycles. The zero-order valence-electron chi connectivity index (χ0n) is 14.7. The van der Waals surface area contributed by atoms with E-state index < -0.39 is 0 Å². The van der Waals surface area contributed by atoms with Crippen LogP contribution in [0.1, 0.15) is 41.5 Å². The number of hydrogen-bond acceptors (Lipinski definition) is 2. The van der Waals surface area contributed by atoms with Crippen molar-refractivity contribution >= 4 is 0 Å². The van der Waals surface area contributed by atoms with Crippen LogP contribution in [0.5, 0.6) is 0 Å². The molecule has 2 aromatic carbocycles. The highest BCUT2D eigenvalue weighted by Crippen LogP contribution is 2.39. The molecule has 1 N–H and O–H groups in total. The first kappa shape index (κ1) is 16.1. The van der Waals surface area contributed by atoms with Crippen LogP contribution < -0.4 is 0 Å². The van der Waals surface area contributed by atoms with E-state index in [1.54, 1.807) is 0 Å². The number of nitrogens with zero attached hydrogens (tertiary/aromatic N) is 2. The zero-order chi connectivity index (χ0) is 17.1. The molecule has 1 aliphatic rings. The van der Waals surface area contributed by atoms with Crippen LogP contribution in [0.25, 0.3) is 0 Å². The fourth-order valence-electron chi connectivity index (χ4n) is 4.13. The van der Waals surface area contributed by atoms with Crippen molar-refractivity contribution in [1.82, 2.24) is 15.1 Å². The third-order valence-corrected chi connectivity index (χ3v) is 5.45. The molecule has 3 atom stereocenters. The molecule has 0 bridgehead atoms. The van der Waals surface area contributed by atoms with Gasteiger partial charge in [0, 0.05) is 43.4 Å². The second-order valence-electron chi connectivity index (χ2n) is 7.17. The van der Waals surface area contributed by atoms with Gasteiger partial charge in [0.1, 0.15) is 0 Å². The van der Waals surface area contributed by atoms with E-state index in [0.29, 0.717) is 17.8 Å². The molecular formula is C22H25N3. The summed E-state index contributed by atoms with van der Waals surface area (Å²) in [6.45, 7) is 5.61. The predicted octanol–water partition coefficient (Wildman–Crippen LogP) is 4.40. The van der Waals surface area contributed by atoms with Gasteiger partial charge in [0.15, 0.2) is 0 Å². The van der Waals surface area contributed by atoms with E-state index in [0.717, 1.165) is 19.6 Å². The molecule has 3 heteroatoms. The van der Waals surface area contributed by atoms with Gasteiger partial charge in [0.2, 0.25) is 0 Å². The minimum absolute atomic E-state index is 0.480. The van der Waals surface area contributed by atoms with Crippen LogP contribution >= 0.6 is 0 Å². The molecule has 1 saturated heterocycles. The van der Waals surface area contributed by atoms with E-state index in [-0.39, 0.29) is 0 Å². The maximum Gasteiger partial charge on any atom is 0.0490 e. The first-order chi connectivity index (χ1) is 12.3. The van der Waals surface area contributed by atoms with Crippen LogP contribution in [-0.2, 0) is 0 Å². The van der Waals surface area contributed by atoms with E-state index in [1.807, 2.05) is 6.20 Å². The van der Waals surface area contributed by atoms with Crippen LogP contribution in [0.2, 0.25) is 0 Å². The first-order valence-corrected chi connectivity index (χ1v) is 9.13. The monoisotopic (exact) mass is 331 g/mol. The Kier molecular flexibility index (Phi) is 4.66. The summed E-state index contributed by atoms with van der Waals surface area (Å²) in [4.78, 5) is 2.61. The van der Waals surface area contributed by atoms with E-state index >= 15 is 0 Å². The van der Waals surface area contributed by atoms with E-state index in [9.17, 15) is 0 Å². The van der Waals surface area contributed by atoms with Gasteiger partial charge < -0.3 is 4.90 Å². The van der Waals surface area contributed by atoms with Crippen molar-refractivity contribution in [3.05, 3.63) is 89.7 Å². The molecule has 0 spiro atoms. The Labute approximate surface area is 149 Å². The van der Waals surface area contributed by atoms with Crippen molar-refractivity contribution in [2.75, 3.05) is 19.6 Å². The Bertz CT molecular complexity index is 768. The maximum atomic E-state index is 4.18. The van der Waals surface area contributed by atoms with Crippen LogP contribution in [0.3, 0.4) is 0 Å². The third-order valence-electron chi connectivity index (χ3n) is 5.45. The smallest absolute Gasteiger partial charge is 0.0490 e. The van der Waals surface area contributed by atoms with Crippen molar-refractivity contribution in [2.24, 2.45) is 0 Å². The van der Waals surface area contributed by atoms with Crippen molar-refractivity contribution in [3.63, 3.8) is 0 Å². The molecule has 0 radical (unpaired) electrons. The summed E-state index contributed by atoms with van der Waals surface area (Å²) in [6.07, 6.45) is 1.87. The normalized spacial score (nSPS) is 22.1. The fourth-order valence-corrected chi connectivity index (χ4v) is 4.13. The van der Waals surface area contributed by atoms with Gasteiger partial charge in [-0.3, -0.25) is 5.10 Å². The fraction of sp³-hybridized carbons (Fsp3) is 0.318. The van der Waals surface area contributed by atoms with E-state index in [1.165, 1.54) is 16.8 Å². The summed E-state index contributed by atoms with van der Waals surface area (Å²) in [5.41, 5.74) is 4.10. The molecule has 25 heavy (non-hydrogen) atoms. The summed E-state index contributed by atoms with van der Waals surface area (Å²) in [5.74, 6) is 1.54. The van der Waals surface area contributed by atoms with Gasteiger partial charge in [-0.2, -0.15) is 5.10 Å². The van der Waals surface area contributed by atoms with Crippen molar-refractivity contribution in [3.8, 4) is 0 Å². The highest BCUT2D eigenvalue weighted by Gasteiger charge is 2.35. The lowest BCUT2D eigenvalue weighted by Gasteiger charge is -2.21. The lowest BCUT2D eigenvalue weighted by Crippen LogP contribution is -2.25. The summed E-state index contributed by atoms with van der Waals surface area (Å²) >= 11 is 0. The van der Waals surface area contributed by atoms with Crippen molar-refractivity contribution in [1.29, 1.82) is 0 Å². The standard InChI is InChI=1S/C22H25N3/c1-17(18-8-4-2-5-9-18)14-25-15-20(19-10-6-3-7-11-19)21(16-25)22-12-13-23-24-22/h2-13,17,20-21H,14-16H2,1H3,(H,23,24)/t17-,20-,21+/m0/s1. The first-order valence-electron chi connectivity index (χ1n) is 9.13. The van der Waals surface area contributed by atoms with Crippen LogP contribution in [0.15, 0.2) is 72.9 Å². The van der Waals surface area contributed by atoms with Crippen molar-refractivity contribution < 1.29 is 0 Å². The van der Waals surface area contributed by atoms with E-state index in [2.05, 4.69) is 88.8 Å². The molecule has 0 amide bonds. The van der Waals surface area contributed by atoms with Crippen LogP contribution in [0.4, 0.5) is 0 Å². The third kappa shape index (κ3) is 3.52. The molecule has 0 unspecified atom stereocenters. The molecule has 1 fully saturated rings. The Balaban J connectivity index is 1.53. The Hall–Kier alpha value is -2.39. The van der Waals surface area contributed by atoms with Gasteiger partial charge in [0.05, 0.1) is 0 Å². The number of aromatic amines is 1. The lowest BCUT2D eigenvalue weighted by atomic mass is 9.87. The van der Waals surface area contributed by atoms with Gasteiger partial charge in [0.25, 0.3) is 0 Å². The highest BCUT2D eigenvalue weighted by molar-refractivity contribution is 5.28. The Morgan fingerprint density at radius 1 is 0.960 bits per heavy atom. The molecule has 1 aliphatic heterocycles. The number of likely N-dealkylation sites (tertiary alicyclic amines) is 1. The van der Waals surface area contributed by atoms with Crippen LogP contribution in [-0.4, -0.2) is 34.7 Å². The number of benzene rings is 2. The van der Waals surface area contributed by atoms with E-state index in [4.69, 9.17) is 0 Å². The van der Waals surface area contributed by atoms with Crippen LogP contribution in [0, 0.1) is 0 Å². The molecule has 4 rings (SSSR count). The Morgan fingerprint density at radius 2 is 1.64 bits per heavy atom. The SMILES string of the molecule is C[C@@H](CN1C[C@@H](c2ccccc2)[C@H](c2ccn[nH]2)C1)c1ccccc1. The zero-order valence-corrected chi connectivity index (χ0v) is 14.7. The number of aromatic nitrogens is 2. The molecule has 0 aliphatic carbocycles. The molecule has 3 nitrogen and oxygen atoms in total. The van der Waals surface area contributed by atoms with Gasteiger partial charge in [-0.05, 0) is 23.1 Å². The summed E-state index contributed by atoms with van der Waals surface area (Å²) in [6, 6.07) is 23.9. The minimum Gasteiger partial charge on any atom is -0.301 e. The molecule has 128 valence electrons. The van der Waals surface area contributed by atoms with Gasteiger partial charge in [-0.15, -0.1) is 0 Å². The largest absolute Gasteiger partial charge is 0.301 e.